The molecular formula is C14H11Cl2NOS. The second kappa shape index (κ2) is 6.24. The van der Waals surface area contributed by atoms with Gasteiger partial charge in [0.15, 0.2) is 0 Å². The predicted molar refractivity (Wildman–Crippen MR) is 83.1 cm³/mol. The molecule has 0 spiro atoms. The lowest BCUT2D eigenvalue weighted by Crippen LogP contribution is -2.09. The summed E-state index contributed by atoms with van der Waals surface area (Å²) in [7, 11) is 0. The summed E-state index contributed by atoms with van der Waals surface area (Å²) in [5.74, 6) is 0.563. The van der Waals surface area contributed by atoms with Crippen molar-refractivity contribution in [3.8, 4) is 5.75 Å². The molecule has 0 atom stereocenters. The molecule has 98 valence electrons. The Morgan fingerprint density at radius 3 is 2.42 bits per heavy atom. The molecule has 0 aliphatic carbocycles. The summed E-state index contributed by atoms with van der Waals surface area (Å²) in [5, 5.41) is 1.12. The Labute approximate surface area is 127 Å². The minimum atomic E-state index is 0.380. The van der Waals surface area contributed by atoms with E-state index in [9.17, 15) is 0 Å². The topological polar surface area (TPSA) is 35.2 Å². The van der Waals surface area contributed by atoms with Gasteiger partial charge in [-0.15, -0.1) is 0 Å². The van der Waals surface area contributed by atoms with Gasteiger partial charge >= 0.3 is 0 Å². The molecule has 2 aromatic rings. The lowest BCUT2D eigenvalue weighted by Gasteiger charge is -2.09. The lowest BCUT2D eigenvalue weighted by atomic mass is 10.1. The molecule has 0 aromatic heterocycles. The largest absolute Gasteiger partial charge is 0.487 e. The van der Waals surface area contributed by atoms with E-state index in [1.807, 2.05) is 24.3 Å². The number of halogens is 2. The summed E-state index contributed by atoms with van der Waals surface area (Å²) in [6.07, 6.45) is 0. The van der Waals surface area contributed by atoms with E-state index in [-0.39, 0.29) is 0 Å². The highest BCUT2D eigenvalue weighted by atomic mass is 35.5. The van der Waals surface area contributed by atoms with Gasteiger partial charge in [-0.05, 0) is 17.7 Å². The molecule has 19 heavy (non-hydrogen) atoms. The number of ether oxygens (including phenoxy) is 1. The first-order chi connectivity index (χ1) is 9.06. The van der Waals surface area contributed by atoms with Gasteiger partial charge < -0.3 is 10.5 Å². The summed E-state index contributed by atoms with van der Waals surface area (Å²) >= 11 is 16.8. The van der Waals surface area contributed by atoms with Crippen molar-refractivity contribution in [1.29, 1.82) is 0 Å². The average molecular weight is 312 g/mol. The number of thiocarbonyl (C=S) groups is 1. The van der Waals surface area contributed by atoms with Crippen molar-refractivity contribution >= 4 is 40.4 Å². The van der Waals surface area contributed by atoms with Crippen molar-refractivity contribution in [3.63, 3.8) is 0 Å². The summed E-state index contributed by atoms with van der Waals surface area (Å²) in [6.45, 7) is 0.400. The van der Waals surface area contributed by atoms with Gasteiger partial charge in [-0.1, -0.05) is 59.7 Å². The van der Waals surface area contributed by atoms with Crippen molar-refractivity contribution in [2.75, 3.05) is 0 Å². The number of rotatable bonds is 4. The van der Waals surface area contributed by atoms with Gasteiger partial charge in [0, 0.05) is 16.7 Å². The summed E-state index contributed by atoms with van der Waals surface area (Å²) < 4.78 is 5.62. The van der Waals surface area contributed by atoms with Crippen molar-refractivity contribution < 1.29 is 4.74 Å². The molecule has 0 radical (unpaired) electrons. The lowest BCUT2D eigenvalue weighted by molar-refractivity contribution is 0.306. The van der Waals surface area contributed by atoms with Crippen LogP contribution in [0.1, 0.15) is 11.1 Å². The molecule has 0 amide bonds. The van der Waals surface area contributed by atoms with Gasteiger partial charge in [-0.2, -0.15) is 0 Å². The van der Waals surface area contributed by atoms with Crippen LogP contribution in [-0.2, 0) is 6.61 Å². The molecule has 0 fully saturated rings. The summed E-state index contributed by atoms with van der Waals surface area (Å²) in [5.41, 5.74) is 7.36. The van der Waals surface area contributed by atoms with Crippen molar-refractivity contribution in [2.24, 2.45) is 5.73 Å². The molecule has 2 nitrogen and oxygen atoms in total. The van der Waals surface area contributed by atoms with Crippen LogP contribution < -0.4 is 10.5 Å². The summed E-state index contributed by atoms with van der Waals surface area (Å²) in [6, 6.07) is 12.7. The van der Waals surface area contributed by atoms with E-state index in [4.69, 9.17) is 45.9 Å². The third-order valence-electron chi connectivity index (χ3n) is 2.53. The van der Waals surface area contributed by atoms with Gasteiger partial charge in [0.2, 0.25) is 0 Å². The molecule has 2 aromatic carbocycles. The normalized spacial score (nSPS) is 10.2. The number of hydrogen-bond acceptors (Lipinski definition) is 2. The van der Waals surface area contributed by atoms with Crippen LogP contribution in [0.5, 0.6) is 5.75 Å². The minimum Gasteiger partial charge on any atom is -0.487 e. The Bertz CT molecular complexity index is 599. The maximum absolute atomic E-state index is 6.01. The molecule has 0 unspecified atom stereocenters. The van der Waals surface area contributed by atoms with Gasteiger partial charge in [-0.25, -0.2) is 0 Å². The second-order valence-electron chi connectivity index (χ2n) is 3.92. The molecule has 0 saturated carbocycles. The molecule has 0 aliphatic rings. The first-order valence-corrected chi connectivity index (χ1v) is 6.69. The van der Waals surface area contributed by atoms with Crippen LogP contribution in [0.4, 0.5) is 0 Å². The molecule has 0 saturated heterocycles. The fraction of sp³-hybridized carbons (Fsp3) is 0.0714. The monoisotopic (exact) mass is 311 g/mol. The van der Waals surface area contributed by atoms with Crippen LogP contribution in [0.2, 0.25) is 10.0 Å². The Morgan fingerprint density at radius 2 is 1.79 bits per heavy atom. The zero-order chi connectivity index (χ0) is 13.8. The highest BCUT2D eigenvalue weighted by molar-refractivity contribution is 7.80. The second-order valence-corrected chi connectivity index (χ2v) is 5.21. The van der Waals surface area contributed by atoms with Crippen LogP contribution in [0.15, 0.2) is 42.5 Å². The Balaban J connectivity index is 2.06. The first kappa shape index (κ1) is 14.1. The smallest absolute Gasteiger partial charge is 0.139 e. The van der Waals surface area contributed by atoms with E-state index in [0.29, 0.717) is 27.4 Å². The standard InChI is InChI=1S/C14H11Cl2NOS/c15-11-5-6-12(16)13(7-11)18-8-9-1-3-10(4-2-9)14(17)19/h1-7H,8H2,(H2,17,19). The van der Waals surface area contributed by atoms with Crippen molar-refractivity contribution in [1.82, 2.24) is 0 Å². The van der Waals surface area contributed by atoms with E-state index in [1.54, 1.807) is 18.2 Å². The summed E-state index contributed by atoms with van der Waals surface area (Å²) in [4.78, 5) is 0.380. The van der Waals surface area contributed by atoms with Crippen molar-refractivity contribution in [3.05, 3.63) is 63.6 Å². The Morgan fingerprint density at radius 1 is 1.11 bits per heavy atom. The third-order valence-corrected chi connectivity index (χ3v) is 3.31. The zero-order valence-corrected chi connectivity index (χ0v) is 12.2. The highest BCUT2D eigenvalue weighted by Crippen LogP contribution is 2.28. The zero-order valence-electron chi connectivity index (χ0n) is 9.90. The molecular weight excluding hydrogens is 301 g/mol. The number of nitrogens with two attached hydrogens (primary N) is 1. The quantitative estimate of drug-likeness (QED) is 0.859. The van der Waals surface area contributed by atoms with Gasteiger partial charge in [0.05, 0.1) is 5.02 Å². The fourth-order valence-corrected chi connectivity index (χ4v) is 1.98. The van der Waals surface area contributed by atoms with Crippen LogP contribution >= 0.6 is 35.4 Å². The van der Waals surface area contributed by atoms with Gasteiger partial charge in [0.25, 0.3) is 0 Å². The van der Waals surface area contributed by atoms with E-state index in [0.717, 1.165) is 11.1 Å². The van der Waals surface area contributed by atoms with Crippen LogP contribution in [-0.4, -0.2) is 4.99 Å². The van der Waals surface area contributed by atoms with E-state index in [1.165, 1.54) is 0 Å². The van der Waals surface area contributed by atoms with E-state index in [2.05, 4.69) is 0 Å². The molecule has 0 bridgehead atoms. The third kappa shape index (κ3) is 3.83. The maximum Gasteiger partial charge on any atom is 0.139 e. The molecule has 2 rings (SSSR count). The first-order valence-electron chi connectivity index (χ1n) is 5.53. The van der Waals surface area contributed by atoms with Crippen molar-refractivity contribution in [2.45, 2.75) is 6.61 Å². The molecule has 0 aliphatic heterocycles. The van der Waals surface area contributed by atoms with Crippen LogP contribution in [0.3, 0.4) is 0 Å². The van der Waals surface area contributed by atoms with Gasteiger partial charge in [0.1, 0.15) is 17.3 Å². The SMILES string of the molecule is NC(=S)c1ccc(COc2cc(Cl)ccc2Cl)cc1. The highest BCUT2D eigenvalue weighted by Gasteiger charge is 2.03. The molecule has 5 heteroatoms. The number of benzene rings is 2. The number of hydrogen-bond donors (Lipinski definition) is 1. The minimum absolute atomic E-state index is 0.380. The molecule has 2 N–H and O–H groups in total. The fourth-order valence-electron chi connectivity index (χ4n) is 1.51. The van der Waals surface area contributed by atoms with E-state index < -0.39 is 0 Å². The predicted octanol–water partition coefficient (Wildman–Crippen LogP) is 4.21. The van der Waals surface area contributed by atoms with Crippen LogP contribution in [0, 0.1) is 0 Å². The average Bonchev–Trinajstić information content (AvgIpc) is 2.40. The van der Waals surface area contributed by atoms with E-state index >= 15 is 0 Å². The molecule has 0 heterocycles. The Hall–Kier alpha value is -1.29. The maximum atomic E-state index is 6.01. The van der Waals surface area contributed by atoms with Gasteiger partial charge in [-0.3, -0.25) is 0 Å². The van der Waals surface area contributed by atoms with Crippen LogP contribution in [0.25, 0.3) is 0 Å². The Kier molecular flexibility index (Phi) is 4.64.